The molecule has 2 heterocycles. The number of hydrogen-bond acceptors (Lipinski definition) is 5. The Labute approximate surface area is 200 Å². The third-order valence-electron chi connectivity index (χ3n) is 5.48. The van der Waals surface area contributed by atoms with Crippen molar-refractivity contribution in [2.45, 2.75) is 20.1 Å². The van der Waals surface area contributed by atoms with E-state index in [1.165, 1.54) is 12.1 Å². The Balaban J connectivity index is 1.43. The molecule has 0 bridgehead atoms. The van der Waals surface area contributed by atoms with Gasteiger partial charge in [-0.1, -0.05) is 48.5 Å². The molecule has 2 aromatic heterocycles. The number of para-hydroxylation sites is 1. The van der Waals surface area contributed by atoms with E-state index < -0.39 is 11.6 Å². The third-order valence-corrected chi connectivity index (χ3v) is 5.48. The van der Waals surface area contributed by atoms with Crippen molar-refractivity contribution in [2.75, 3.05) is 6.61 Å². The van der Waals surface area contributed by atoms with Crippen LogP contribution in [0.2, 0.25) is 0 Å². The maximum Gasteiger partial charge on any atom is 0.180 e. The van der Waals surface area contributed by atoms with Gasteiger partial charge in [-0.3, -0.25) is 4.68 Å². The highest BCUT2D eigenvalue weighted by molar-refractivity contribution is 5.91. The number of aromatic nitrogens is 4. The normalized spacial score (nSPS) is 11.1. The third kappa shape index (κ3) is 4.82. The standard InChI is InChI=1S/C27H22F2N4O2/c1-2-34-19-12-23(28)22(24(29)13-19)16-33-25-11-7-6-10-21(25)26(32-33)27-30-14-20(15-31-27)35-17-18-8-4-3-5-9-18/h3-15H,2,16-17H2,1H3. The summed E-state index contributed by atoms with van der Waals surface area (Å²) in [4.78, 5) is 8.84. The maximum absolute atomic E-state index is 14.7. The molecule has 0 aliphatic carbocycles. The molecule has 3 aromatic carbocycles. The van der Waals surface area contributed by atoms with Crippen LogP contribution in [-0.4, -0.2) is 26.4 Å². The highest BCUT2D eigenvalue weighted by Crippen LogP contribution is 2.28. The monoisotopic (exact) mass is 472 g/mol. The van der Waals surface area contributed by atoms with E-state index in [9.17, 15) is 8.78 Å². The van der Waals surface area contributed by atoms with Gasteiger partial charge in [0, 0.05) is 23.1 Å². The van der Waals surface area contributed by atoms with Crippen LogP contribution in [0, 0.1) is 11.6 Å². The molecule has 5 rings (SSSR count). The molecule has 0 fully saturated rings. The molecule has 0 saturated carbocycles. The van der Waals surface area contributed by atoms with Crippen LogP contribution in [0.1, 0.15) is 18.1 Å². The van der Waals surface area contributed by atoms with Crippen LogP contribution in [-0.2, 0) is 13.2 Å². The lowest BCUT2D eigenvalue weighted by Crippen LogP contribution is -2.07. The fraction of sp³-hybridized carbons (Fsp3) is 0.148. The molecule has 0 unspecified atom stereocenters. The van der Waals surface area contributed by atoms with E-state index in [4.69, 9.17) is 9.47 Å². The second-order valence-corrected chi connectivity index (χ2v) is 7.84. The first-order valence-electron chi connectivity index (χ1n) is 11.2. The van der Waals surface area contributed by atoms with Crippen LogP contribution in [0.4, 0.5) is 8.78 Å². The van der Waals surface area contributed by atoms with Crippen LogP contribution >= 0.6 is 0 Å². The number of ether oxygens (including phenoxy) is 2. The lowest BCUT2D eigenvalue weighted by molar-refractivity contribution is 0.303. The van der Waals surface area contributed by atoms with Crippen molar-refractivity contribution in [3.05, 3.63) is 102 Å². The van der Waals surface area contributed by atoms with Crippen molar-refractivity contribution >= 4 is 10.9 Å². The molecular weight excluding hydrogens is 450 g/mol. The van der Waals surface area contributed by atoms with Crippen LogP contribution in [0.3, 0.4) is 0 Å². The number of benzene rings is 3. The second kappa shape index (κ2) is 9.89. The summed E-state index contributed by atoms with van der Waals surface area (Å²) in [6.45, 7) is 2.38. The minimum Gasteiger partial charge on any atom is -0.494 e. The summed E-state index contributed by atoms with van der Waals surface area (Å²) in [5.41, 5.74) is 2.17. The molecule has 0 amide bonds. The summed E-state index contributed by atoms with van der Waals surface area (Å²) < 4.78 is 41.9. The molecule has 8 heteroatoms. The van der Waals surface area contributed by atoms with Gasteiger partial charge in [0.05, 0.1) is 31.1 Å². The number of nitrogens with zero attached hydrogens (tertiary/aromatic N) is 4. The van der Waals surface area contributed by atoms with Gasteiger partial charge in [-0.25, -0.2) is 18.7 Å². The van der Waals surface area contributed by atoms with Crippen molar-refractivity contribution in [3.8, 4) is 23.0 Å². The summed E-state index contributed by atoms with van der Waals surface area (Å²) in [7, 11) is 0. The molecule has 0 radical (unpaired) electrons. The van der Waals surface area contributed by atoms with Gasteiger partial charge in [0.1, 0.15) is 29.7 Å². The first-order valence-corrected chi connectivity index (χ1v) is 11.2. The van der Waals surface area contributed by atoms with Crippen LogP contribution in [0.5, 0.6) is 11.5 Å². The smallest absolute Gasteiger partial charge is 0.180 e. The summed E-state index contributed by atoms with van der Waals surface area (Å²) >= 11 is 0. The fourth-order valence-corrected chi connectivity index (χ4v) is 3.80. The zero-order valence-corrected chi connectivity index (χ0v) is 19.0. The van der Waals surface area contributed by atoms with Gasteiger partial charge in [-0.2, -0.15) is 5.10 Å². The van der Waals surface area contributed by atoms with Crippen molar-refractivity contribution in [2.24, 2.45) is 0 Å². The van der Waals surface area contributed by atoms with Crippen LogP contribution in [0.25, 0.3) is 22.4 Å². The first-order chi connectivity index (χ1) is 17.1. The SMILES string of the molecule is CCOc1cc(F)c(Cn2nc(-c3ncc(OCc4ccccc4)cn3)c3ccccc32)c(F)c1. The highest BCUT2D eigenvalue weighted by Gasteiger charge is 2.18. The number of hydrogen-bond donors (Lipinski definition) is 0. The summed E-state index contributed by atoms with van der Waals surface area (Å²) in [6.07, 6.45) is 3.18. The van der Waals surface area contributed by atoms with Crippen molar-refractivity contribution in [1.29, 1.82) is 0 Å². The lowest BCUT2D eigenvalue weighted by atomic mass is 10.1. The second-order valence-electron chi connectivity index (χ2n) is 7.84. The molecule has 6 nitrogen and oxygen atoms in total. The number of rotatable bonds is 8. The molecular formula is C27H22F2N4O2. The van der Waals surface area contributed by atoms with Gasteiger partial charge in [-0.15, -0.1) is 0 Å². The molecule has 0 atom stereocenters. The van der Waals surface area contributed by atoms with E-state index >= 15 is 0 Å². The van der Waals surface area contributed by atoms with E-state index in [0.29, 0.717) is 36.0 Å². The zero-order valence-electron chi connectivity index (χ0n) is 19.0. The Bertz CT molecular complexity index is 1430. The van der Waals surface area contributed by atoms with Crippen molar-refractivity contribution in [3.63, 3.8) is 0 Å². The average Bonchev–Trinajstić information content (AvgIpc) is 3.25. The van der Waals surface area contributed by atoms with Gasteiger partial charge < -0.3 is 9.47 Å². The Kier molecular flexibility index (Phi) is 6.34. The molecule has 0 aliphatic rings. The molecule has 0 aliphatic heterocycles. The van der Waals surface area contributed by atoms with E-state index in [1.54, 1.807) is 24.0 Å². The number of fused-ring (bicyclic) bond motifs is 1. The van der Waals surface area contributed by atoms with Gasteiger partial charge in [-0.05, 0) is 18.6 Å². The fourth-order valence-electron chi connectivity index (χ4n) is 3.80. The summed E-state index contributed by atoms with van der Waals surface area (Å²) in [5, 5.41) is 5.38. The molecule has 0 N–H and O–H groups in total. The highest BCUT2D eigenvalue weighted by atomic mass is 19.1. The largest absolute Gasteiger partial charge is 0.494 e. The Morgan fingerprint density at radius 1 is 0.829 bits per heavy atom. The van der Waals surface area contributed by atoms with Crippen LogP contribution < -0.4 is 9.47 Å². The quantitative estimate of drug-likeness (QED) is 0.286. The van der Waals surface area contributed by atoms with Gasteiger partial charge in [0.2, 0.25) is 0 Å². The molecule has 35 heavy (non-hydrogen) atoms. The Morgan fingerprint density at radius 3 is 2.23 bits per heavy atom. The van der Waals surface area contributed by atoms with E-state index in [2.05, 4.69) is 15.1 Å². The van der Waals surface area contributed by atoms with E-state index in [1.807, 2.05) is 54.6 Å². The topological polar surface area (TPSA) is 62.1 Å². The number of halogens is 2. The molecule has 176 valence electrons. The average molecular weight is 472 g/mol. The molecule has 5 aromatic rings. The minimum atomic E-state index is -0.689. The summed E-state index contributed by atoms with van der Waals surface area (Å²) in [6, 6.07) is 19.6. The summed E-state index contributed by atoms with van der Waals surface area (Å²) in [5.74, 6) is -0.309. The molecule has 0 saturated heterocycles. The Hall–Kier alpha value is -4.33. The van der Waals surface area contributed by atoms with Crippen molar-refractivity contribution < 1.29 is 18.3 Å². The van der Waals surface area contributed by atoms with Crippen molar-refractivity contribution in [1.82, 2.24) is 19.7 Å². The van der Waals surface area contributed by atoms with Gasteiger partial charge in [0.25, 0.3) is 0 Å². The lowest BCUT2D eigenvalue weighted by Gasteiger charge is -2.09. The minimum absolute atomic E-state index is 0.0944. The predicted octanol–water partition coefficient (Wildman–Crippen LogP) is 5.80. The Morgan fingerprint density at radius 2 is 1.51 bits per heavy atom. The maximum atomic E-state index is 14.7. The molecule has 0 spiro atoms. The van der Waals surface area contributed by atoms with E-state index in [0.717, 1.165) is 10.9 Å². The zero-order chi connectivity index (χ0) is 24.2. The first kappa shape index (κ1) is 22.5. The van der Waals surface area contributed by atoms with E-state index in [-0.39, 0.29) is 17.9 Å². The van der Waals surface area contributed by atoms with Gasteiger partial charge in [0.15, 0.2) is 11.6 Å². The predicted molar refractivity (Wildman–Crippen MR) is 128 cm³/mol. The van der Waals surface area contributed by atoms with Crippen LogP contribution in [0.15, 0.2) is 79.1 Å². The van der Waals surface area contributed by atoms with Gasteiger partial charge >= 0.3 is 0 Å².